The molecule has 0 spiro atoms. The van der Waals surface area contributed by atoms with Crippen molar-refractivity contribution in [2.24, 2.45) is 0 Å². The quantitative estimate of drug-likeness (QED) is 0.761. The van der Waals surface area contributed by atoms with Crippen LogP contribution in [0.4, 0.5) is 0 Å². The Morgan fingerprint density at radius 3 is 3.00 bits per heavy atom. The highest BCUT2D eigenvalue weighted by Crippen LogP contribution is 2.20. The van der Waals surface area contributed by atoms with Crippen molar-refractivity contribution in [2.45, 2.75) is 6.61 Å². The van der Waals surface area contributed by atoms with E-state index in [1.54, 1.807) is 18.6 Å². The molecule has 0 saturated carbocycles. The number of rotatable bonds is 2. The molecule has 2 rings (SSSR count). The highest BCUT2D eigenvalue weighted by atomic mass is 16.3. The van der Waals surface area contributed by atoms with Crippen LogP contribution in [0.25, 0.3) is 11.1 Å². The van der Waals surface area contributed by atoms with Crippen LogP contribution in [0.2, 0.25) is 0 Å². The smallest absolute Gasteiger partial charge is 0.248 e. The Balaban J connectivity index is 2.58. The molecule has 0 saturated heterocycles. The zero-order valence-corrected chi connectivity index (χ0v) is 7.97. The van der Waals surface area contributed by atoms with Gasteiger partial charge in [-0.1, -0.05) is 6.07 Å². The number of H-pyrrole nitrogens is 1. The van der Waals surface area contributed by atoms with Crippen molar-refractivity contribution in [1.29, 1.82) is 0 Å². The monoisotopic (exact) mass is 202 g/mol. The van der Waals surface area contributed by atoms with Gasteiger partial charge in [-0.05, 0) is 11.6 Å². The van der Waals surface area contributed by atoms with E-state index in [2.05, 4.69) is 9.97 Å². The summed E-state index contributed by atoms with van der Waals surface area (Å²) in [5.74, 6) is 0. The second-order valence-corrected chi connectivity index (χ2v) is 3.14. The predicted octanol–water partition coefficient (Wildman–Crippen LogP) is 0.929. The van der Waals surface area contributed by atoms with Crippen molar-refractivity contribution in [1.82, 2.24) is 9.97 Å². The number of pyridine rings is 2. The lowest BCUT2D eigenvalue weighted by Crippen LogP contribution is -2.06. The molecule has 0 atom stereocenters. The molecule has 76 valence electrons. The van der Waals surface area contributed by atoms with Gasteiger partial charge in [0, 0.05) is 35.8 Å². The molecule has 4 heteroatoms. The van der Waals surface area contributed by atoms with Crippen LogP contribution in [-0.4, -0.2) is 15.1 Å². The molecule has 0 bridgehead atoms. The van der Waals surface area contributed by atoms with Crippen molar-refractivity contribution in [2.75, 3.05) is 0 Å². The zero-order valence-electron chi connectivity index (χ0n) is 7.97. The summed E-state index contributed by atoms with van der Waals surface area (Å²) in [4.78, 5) is 17.6. The number of hydrogen-bond acceptors (Lipinski definition) is 3. The molecule has 0 aliphatic heterocycles. The lowest BCUT2D eigenvalue weighted by molar-refractivity contribution is 0.282. The first kappa shape index (κ1) is 9.61. The molecule has 2 heterocycles. The molecule has 0 aromatic carbocycles. The lowest BCUT2D eigenvalue weighted by atomic mass is 10.0. The topological polar surface area (TPSA) is 66.0 Å². The van der Waals surface area contributed by atoms with Crippen molar-refractivity contribution < 1.29 is 5.11 Å². The summed E-state index contributed by atoms with van der Waals surface area (Å²) in [5.41, 5.74) is 2.06. The van der Waals surface area contributed by atoms with Crippen LogP contribution in [0.3, 0.4) is 0 Å². The minimum Gasteiger partial charge on any atom is -0.392 e. The molecular weight excluding hydrogens is 192 g/mol. The highest BCUT2D eigenvalue weighted by molar-refractivity contribution is 5.64. The van der Waals surface area contributed by atoms with E-state index in [-0.39, 0.29) is 12.2 Å². The molecule has 15 heavy (non-hydrogen) atoms. The van der Waals surface area contributed by atoms with Gasteiger partial charge in [0.2, 0.25) is 5.56 Å². The summed E-state index contributed by atoms with van der Waals surface area (Å²) in [7, 11) is 0. The maximum Gasteiger partial charge on any atom is 0.248 e. The molecule has 0 fully saturated rings. The van der Waals surface area contributed by atoms with Crippen molar-refractivity contribution in [3.8, 4) is 11.1 Å². The van der Waals surface area contributed by atoms with Gasteiger partial charge in [-0.3, -0.25) is 9.78 Å². The first-order valence-electron chi connectivity index (χ1n) is 4.54. The third kappa shape index (κ3) is 1.94. The molecule has 4 nitrogen and oxygen atoms in total. The van der Waals surface area contributed by atoms with Crippen molar-refractivity contribution in [3.05, 3.63) is 52.7 Å². The van der Waals surface area contributed by atoms with Gasteiger partial charge in [-0.25, -0.2) is 0 Å². The standard InChI is InChI=1S/C11H10N2O2/c14-7-9-4-11(15)13-6-10(9)8-2-1-3-12-5-8/h1-6,14H,7H2,(H,13,15). The largest absolute Gasteiger partial charge is 0.392 e. The normalized spacial score (nSPS) is 10.2. The van der Waals surface area contributed by atoms with E-state index in [0.29, 0.717) is 5.56 Å². The van der Waals surface area contributed by atoms with E-state index in [0.717, 1.165) is 11.1 Å². The van der Waals surface area contributed by atoms with Crippen LogP contribution < -0.4 is 5.56 Å². The number of aromatic nitrogens is 2. The third-order valence-corrected chi connectivity index (χ3v) is 2.15. The van der Waals surface area contributed by atoms with Crippen molar-refractivity contribution >= 4 is 0 Å². The van der Waals surface area contributed by atoms with Gasteiger partial charge in [0.1, 0.15) is 0 Å². The Kier molecular flexibility index (Phi) is 2.60. The molecule has 0 aliphatic rings. The van der Waals surface area contributed by atoms with Crippen LogP contribution in [0.5, 0.6) is 0 Å². The minimum atomic E-state index is -0.216. The highest BCUT2D eigenvalue weighted by Gasteiger charge is 2.04. The van der Waals surface area contributed by atoms with Crippen LogP contribution in [-0.2, 0) is 6.61 Å². The number of nitrogens with one attached hydrogen (secondary N) is 1. The van der Waals surface area contributed by atoms with E-state index < -0.39 is 0 Å². The number of aliphatic hydroxyl groups excluding tert-OH is 1. The van der Waals surface area contributed by atoms with Gasteiger partial charge >= 0.3 is 0 Å². The summed E-state index contributed by atoms with van der Waals surface area (Å²) in [6.45, 7) is -0.159. The van der Waals surface area contributed by atoms with E-state index in [1.807, 2.05) is 12.1 Å². The summed E-state index contributed by atoms with van der Waals surface area (Å²) in [5, 5.41) is 9.13. The van der Waals surface area contributed by atoms with Gasteiger partial charge < -0.3 is 10.1 Å². The van der Waals surface area contributed by atoms with Crippen LogP contribution >= 0.6 is 0 Å². The maximum absolute atomic E-state index is 11.1. The van der Waals surface area contributed by atoms with E-state index in [4.69, 9.17) is 5.11 Å². The average Bonchev–Trinajstić information content (AvgIpc) is 2.30. The molecule has 0 aliphatic carbocycles. The van der Waals surface area contributed by atoms with Crippen molar-refractivity contribution in [3.63, 3.8) is 0 Å². The number of nitrogens with zero attached hydrogens (tertiary/aromatic N) is 1. The van der Waals surface area contributed by atoms with E-state index in [9.17, 15) is 4.79 Å². The van der Waals surface area contributed by atoms with Crippen LogP contribution in [0.15, 0.2) is 41.6 Å². The zero-order chi connectivity index (χ0) is 10.7. The second-order valence-electron chi connectivity index (χ2n) is 3.14. The second kappa shape index (κ2) is 4.06. The Labute approximate surface area is 86.2 Å². The van der Waals surface area contributed by atoms with Crippen LogP contribution in [0, 0.1) is 0 Å². The maximum atomic E-state index is 11.1. The van der Waals surface area contributed by atoms with E-state index in [1.165, 1.54) is 6.07 Å². The molecule has 0 amide bonds. The molecule has 2 aromatic rings. The minimum absolute atomic E-state index is 0.159. The molecule has 2 aromatic heterocycles. The molecule has 2 N–H and O–H groups in total. The summed E-state index contributed by atoms with van der Waals surface area (Å²) < 4.78 is 0. The van der Waals surface area contributed by atoms with Gasteiger partial charge in [-0.2, -0.15) is 0 Å². The van der Waals surface area contributed by atoms with Gasteiger partial charge in [0.15, 0.2) is 0 Å². The third-order valence-electron chi connectivity index (χ3n) is 2.15. The van der Waals surface area contributed by atoms with Gasteiger partial charge in [-0.15, -0.1) is 0 Å². The molecule has 0 radical (unpaired) electrons. The predicted molar refractivity (Wildman–Crippen MR) is 56.2 cm³/mol. The summed E-state index contributed by atoms with van der Waals surface area (Å²) >= 11 is 0. The molecule has 0 unspecified atom stereocenters. The Morgan fingerprint density at radius 1 is 1.47 bits per heavy atom. The fraction of sp³-hybridized carbons (Fsp3) is 0.0909. The molecular formula is C11H10N2O2. The Morgan fingerprint density at radius 2 is 2.33 bits per heavy atom. The number of aromatic amines is 1. The first-order valence-corrected chi connectivity index (χ1v) is 4.54. The Hall–Kier alpha value is -1.94. The van der Waals surface area contributed by atoms with Crippen LogP contribution in [0.1, 0.15) is 5.56 Å². The summed E-state index contributed by atoms with van der Waals surface area (Å²) in [6, 6.07) is 5.07. The number of aliphatic hydroxyl groups is 1. The average molecular weight is 202 g/mol. The fourth-order valence-corrected chi connectivity index (χ4v) is 1.44. The first-order chi connectivity index (χ1) is 7.31. The SMILES string of the molecule is O=c1cc(CO)c(-c2cccnc2)c[nH]1. The van der Waals surface area contributed by atoms with Gasteiger partial charge in [0.25, 0.3) is 0 Å². The Bertz CT molecular complexity index is 505. The van der Waals surface area contributed by atoms with Gasteiger partial charge in [0.05, 0.1) is 6.61 Å². The lowest BCUT2D eigenvalue weighted by Gasteiger charge is -2.05. The summed E-state index contributed by atoms with van der Waals surface area (Å²) in [6.07, 6.45) is 4.95. The number of hydrogen-bond donors (Lipinski definition) is 2. The fourth-order valence-electron chi connectivity index (χ4n) is 1.44. The van der Waals surface area contributed by atoms with E-state index >= 15 is 0 Å².